The van der Waals surface area contributed by atoms with Gasteiger partial charge in [0.1, 0.15) is 5.75 Å². The Morgan fingerprint density at radius 3 is 2.50 bits per heavy atom. The van der Waals surface area contributed by atoms with Gasteiger partial charge in [-0.3, -0.25) is 0 Å². The number of ether oxygens (including phenoxy) is 1. The van der Waals surface area contributed by atoms with Crippen molar-refractivity contribution in [3.05, 3.63) is 48.0 Å². The van der Waals surface area contributed by atoms with E-state index in [1.807, 2.05) is 32.3 Å². The van der Waals surface area contributed by atoms with Gasteiger partial charge in [-0.1, -0.05) is 12.1 Å². The summed E-state index contributed by atoms with van der Waals surface area (Å²) >= 11 is 0. The zero-order valence-electron chi connectivity index (χ0n) is 11.3. The van der Waals surface area contributed by atoms with E-state index in [4.69, 9.17) is 4.74 Å². The fraction of sp³-hybridized carbons (Fsp3) is 0.250. The predicted octanol–water partition coefficient (Wildman–Crippen LogP) is 3.54. The van der Waals surface area contributed by atoms with Gasteiger partial charge in [0.2, 0.25) is 0 Å². The van der Waals surface area contributed by atoms with Crippen molar-refractivity contribution in [2.75, 3.05) is 26.1 Å². The average molecular weight is 240 g/mol. The molecule has 2 nitrogen and oxygen atoms in total. The third-order valence-electron chi connectivity index (χ3n) is 3.03. The van der Waals surface area contributed by atoms with Gasteiger partial charge in [0.05, 0.1) is 7.11 Å². The minimum absolute atomic E-state index is 0.861. The number of aryl methyl sites for hydroxylation is 1. The molecule has 0 aliphatic rings. The molecular formula is C16H18NO. The van der Waals surface area contributed by atoms with E-state index in [1.165, 1.54) is 16.8 Å². The molecule has 0 aliphatic heterocycles. The number of rotatable bonds is 3. The van der Waals surface area contributed by atoms with Gasteiger partial charge in [-0.05, 0) is 53.9 Å². The Bertz CT molecular complexity index is 547. The summed E-state index contributed by atoms with van der Waals surface area (Å²) in [5, 5.41) is 0. The predicted molar refractivity (Wildman–Crippen MR) is 76.3 cm³/mol. The van der Waals surface area contributed by atoms with Gasteiger partial charge in [-0.15, -0.1) is 0 Å². The van der Waals surface area contributed by atoms with Gasteiger partial charge in [-0.2, -0.15) is 0 Å². The van der Waals surface area contributed by atoms with Crippen molar-refractivity contribution in [3.8, 4) is 16.9 Å². The van der Waals surface area contributed by atoms with Crippen molar-refractivity contribution in [3.63, 3.8) is 0 Å². The second-order valence-electron chi connectivity index (χ2n) is 4.54. The first-order valence-electron chi connectivity index (χ1n) is 5.96. The lowest BCUT2D eigenvalue weighted by Crippen LogP contribution is -2.08. The summed E-state index contributed by atoms with van der Waals surface area (Å²) in [6.45, 7) is 2.12. The van der Waals surface area contributed by atoms with Crippen LogP contribution in [0.3, 0.4) is 0 Å². The molecule has 2 rings (SSSR count). The summed E-state index contributed by atoms with van der Waals surface area (Å²) in [7, 11) is 5.78. The zero-order chi connectivity index (χ0) is 13.1. The second-order valence-corrected chi connectivity index (χ2v) is 4.54. The van der Waals surface area contributed by atoms with Crippen LogP contribution in [0, 0.1) is 13.0 Å². The Kier molecular flexibility index (Phi) is 3.56. The van der Waals surface area contributed by atoms with Crippen molar-refractivity contribution in [1.29, 1.82) is 0 Å². The summed E-state index contributed by atoms with van der Waals surface area (Å²) in [4.78, 5) is 2.10. The lowest BCUT2D eigenvalue weighted by atomic mass is 9.99. The van der Waals surface area contributed by atoms with Crippen molar-refractivity contribution in [2.24, 2.45) is 0 Å². The molecule has 1 radical (unpaired) electrons. The molecule has 0 saturated heterocycles. The van der Waals surface area contributed by atoms with Crippen LogP contribution < -0.4 is 9.64 Å². The van der Waals surface area contributed by atoms with Crippen LogP contribution in [0.4, 0.5) is 5.69 Å². The minimum Gasteiger partial charge on any atom is -0.497 e. The molecule has 2 heteroatoms. The minimum atomic E-state index is 0.861. The molecule has 93 valence electrons. The van der Waals surface area contributed by atoms with Crippen molar-refractivity contribution in [2.45, 2.75) is 6.92 Å². The van der Waals surface area contributed by atoms with Gasteiger partial charge >= 0.3 is 0 Å². The highest BCUT2D eigenvalue weighted by molar-refractivity contribution is 5.70. The second kappa shape index (κ2) is 5.13. The number of benzene rings is 2. The molecule has 2 aromatic rings. The van der Waals surface area contributed by atoms with Gasteiger partial charge < -0.3 is 9.64 Å². The summed E-state index contributed by atoms with van der Waals surface area (Å²) in [6, 6.07) is 15.5. The molecular weight excluding hydrogens is 222 g/mol. The summed E-state index contributed by atoms with van der Waals surface area (Å²) in [5.41, 5.74) is 4.71. The van der Waals surface area contributed by atoms with E-state index in [0.717, 1.165) is 11.3 Å². The molecule has 0 amide bonds. The first-order chi connectivity index (χ1) is 8.61. The lowest BCUT2D eigenvalue weighted by Gasteiger charge is -2.15. The highest BCUT2D eigenvalue weighted by atomic mass is 16.5. The molecule has 0 fully saturated rings. The van der Waals surface area contributed by atoms with E-state index in [9.17, 15) is 0 Å². The van der Waals surface area contributed by atoms with Crippen LogP contribution in [0.15, 0.2) is 36.4 Å². The van der Waals surface area contributed by atoms with Crippen LogP contribution in [0.25, 0.3) is 11.1 Å². The topological polar surface area (TPSA) is 12.5 Å². The van der Waals surface area contributed by atoms with E-state index in [-0.39, 0.29) is 0 Å². The summed E-state index contributed by atoms with van der Waals surface area (Å²) < 4.78 is 5.25. The molecule has 0 bridgehead atoms. The maximum atomic E-state index is 5.25. The molecule has 18 heavy (non-hydrogen) atoms. The van der Waals surface area contributed by atoms with Crippen molar-refractivity contribution >= 4 is 5.69 Å². The molecule has 0 saturated carbocycles. The van der Waals surface area contributed by atoms with Crippen LogP contribution >= 0.6 is 0 Å². The number of hydrogen-bond acceptors (Lipinski definition) is 2. The van der Waals surface area contributed by atoms with Gasteiger partial charge in [0.15, 0.2) is 0 Å². The van der Waals surface area contributed by atoms with Crippen LogP contribution in [0.1, 0.15) is 5.56 Å². The molecule has 0 heterocycles. The molecule has 0 spiro atoms. The van der Waals surface area contributed by atoms with E-state index in [0.29, 0.717) is 0 Å². The Labute approximate surface area is 109 Å². The van der Waals surface area contributed by atoms with Gasteiger partial charge in [-0.25, -0.2) is 0 Å². The summed E-state index contributed by atoms with van der Waals surface area (Å²) in [5.74, 6) is 0.861. The van der Waals surface area contributed by atoms with E-state index < -0.39 is 0 Å². The number of anilines is 1. The molecule has 0 aliphatic carbocycles. The Hall–Kier alpha value is -1.96. The normalized spacial score (nSPS) is 10.2. The first kappa shape index (κ1) is 12.5. The lowest BCUT2D eigenvalue weighted by molar-refractivity contribution is 0.415. The SMILES string of the molecule is COc1cc[c]c(-c2ccc(N(C)C)cc2C)c1. The van der Waals surface area contributed by atoms with Crippen LogP contribution in [-0.2, 0) is 0 Å². The fourth-order valence-corrected chi connectivity index (χ4v) is 1.96. The maximum absolute atomic E-state index is 5.25. The fourth-order valence-electron chi connectivity index (χ4n) is 1.96. The smallest absolute Gasteiger partial charge is 0.119 e. The van der Waals surface area contributed by atoms with Crippen LogP contribution in [0.2, 0.25) is 0 Å². The van der Waals surface area contributed by atoms with Crippen LogP contribution in [0.5, 0.6) is 5.75 Å². The molecule has 0 atom stereocenters. The largest absolute Gasteiger partial charge is 0.497 e. The molecule has 2 aromatic carbocycles. The first-order valence-corrected chi connectivity index (χ1v) is 5.96. The number of nitrogens with zero attached hydrogens (tertiary/aromatic N) is 1. The molecule has 0 N–H and O–H groups in total. The van der Waals surface area contributed by atoms with Gasteiger partial charge in [0, 0.05) is 19.8 Å². The van der Waals surface area contributed by atoms with Crippen LogP contribution in [-0.4, -0.2) is 21.2 Å². The third-order valence-corrected chi connectivity index (χ3v) is 3.03. The standard InChI is InChI=1S/C16H18NO/c1-12-10-14(17(2)3)8-9-16(12)13-6-5-7-15(11-13)18-4/h5,7-11H,1-4H3. The molecule has 0 aromatic heterocycles. The quantitative estimate of drug-likeness (QED) is 0.813. The highest BCUT2D eigenvalue weighted by Crippen LogP contribution is 2.28. The Morgan fingerprint density at radius 2 is 1.89 bits per heavy atom. The van der Waals surface area contributed by atoms with E-state index >= 15 is 0 Å². The Morgan fingerprint density at radius 1 is 1.11 bits per heavy atom. The zero-order valence-corrected chi connectivity index (χ0v) is 11.3. The number of hydrogen-bond donors (Lipinski definition) is 0. The third kappa shape index (κ3) is 2.48. The van der Waals surface area contributed by atoms with Crippen molar-refractivity contribution in [1.82, 2.24) is 0 Å². The Balaban J connectivity index is 2.44. The maximum Gasteiger partial charge on any atom is 0.119 e. The average Bonchev–Trinajstić information content (AvgIpc) is 2.38. The number of methoxy groups -OCH3 is 1. The monoisotopic (exact) mass is 240 g/mol. The van der Waals surface area contributed by atoms with E-state index in [2.05, 4.69) is 36.1 Å². The highest BCUT2D eigenvalue weighted by Gasteiger charge is 2.05. The summed E-state index contributed by atoms with van der Waals surface area (Å²) in [6.07, 6.45) is 0. The van der Waals surface area contributed by atoms with E-state index in [1.54, 1.807) is 7.11 Å². The molecule has 0 unspecified atom stereocenters. The van der Waals surface area contributed by atoms with Gasteiger partial charge in [0.25, 0.3) is 0 Å². The van der Waals surface area contributed by atoms with Crippen molar-refractivity contribution < 1.29 is 4.74 Å².